The summed E-state index contributed by atoms with van der Waals surface area (Å²) in [5.74, 6) is 1.20. The van der Waals surface area contributed by atoms with Gasteiger partial charge in [-0.15, -0.1) is 34.2 Å². The van der Waals surface area contributed by atoms with Gasteiger partial charge in [0.2, 0.25) is 0 Å². The Morgan fingerprint density at radius 3 is 2.64 bits per heavy atom. The molecule has 0 radical (unpaired) electrons. The van der Waals surface area contributed by atoms with Crippen LogP contribution in [0.2, 0.25) is 0 Å². The number of aryl methyl sites for hydroxylation is 1. The zero-order valence-corrected chi connectivity index (χ0v) is 18.2. The standard InChI is InChI=1S/C20H23FN6.HI/c1-3-22-20(23-12-16-10-9-15(2)18(21)11-16)24-13-19-26-25-14-27(19)17-7-5-4-6-8-17;/h4-11,14H,3,12-13H2,1-2H3,(H2,22,23,24);1H. The van der Waals surface area contributed by atoms with E-state index >= 15 is 0 Å². The van der Waals surface area contributed by atoms with Crippen molar-refractivity contribution < 1.29 is 4.39 Å². The molecule has 0 spiro atoms. The molecule has 6 nitrogen and oxygen atoms in total. The Morgan fingerprint density at radius 2 is 1.93 bits per heavy atom. The van der Waals surface area contributed by atoms with Gasteiger partial charge in [-0.05, 0) is 43.2 Å². The Morgan fingerprint density at radius 1 is 1.14 bits per heavy atom. The molecule has 0 saturated heterocycles. The SMILES string of the molecule is CCNC(=NCc1ccc(C)c(F)c1)NCc1nncn1-c1ccccc1.I. The molecular formula is C20H24FIN6. The van der Waals surface area contributed by atoms with Crippen LogP contribution >= 0.6 is 24.0 Å². The Labute approximate surface area is 181 Å². The smallest absolute Gasteiger partial charge is 0.191 e. The second-order valence-electron chi connectivity index (χ2n) is 6.08. The molecule has 3 aromatic rings. The van der Waals surface area contributed by atoms with Crippen LogP contribution < -0.4 is 10.6 Å². The number of hydrogen-bond donors (Lipinski definition) is 2. The molecule has 0 bridgehead atoms. The van der Waals surface area contributed by atoms with Gasteiger partial charge in [0.15, 0.2) is 11.8 Å². The molecule has 0 amide bonds. The monoisotopic (exact) mass is 494 g/mol. The summed E-state index contributed by atoms with van der Waals surface area (Å²) < 4.78 is 15.6. The van der Waals surface area contributed by atoms with Gasteiger partial charge >= 0.3 is 0 Å². The topological polar surface area (TPSA) is 67.1 Å². The van der Waals surface area contributed by atoms with E-state index in [1.807, 2.05) is 47.9 Å². The number of hydrogen-bond acceptors (Lipinski definition) is 3. The summed E-state index contributed by atoms with van der Waals surface area (Å²) in [6, 6.07) is 15.1. The second kappa shape index (κ2) is 10.7. The number of guanidine groups is 1. The van der Waals surface area contributed by atoms with Gasteiger partial charge in [0.25, 0.3) is 0 Å². The van der Waals surface area contributed by atoms with E-state index in [1.165, 1.54) is 6.07 Å². The molecule has 0 unspecified atom stereocenters. The Balaban J connectivity index is 0.00000280. The number of para-hydroxylation sites is 1. The number of nitrogens with zero attached hydrogens (tertiary/aromatic N) is 4. The maximum absolute atomic E-state index is 13.7. The van der Waals surface area contributed by atoms with Crippen molar-refractivity contribution in [3.8, 4) is 5.69 Å². The summed E-state index contributed by atoms with van der Waals surface area (Å²) in [7, 11) is 0. The van der Waals surface area contributed by atoms with Crippen LogP contribution in [0.3, 0.4) is 0 Å². The Bertz CT molecular complexity index is 910. The van der Waals surface area contributed by atoms with E-state index in [4.69, 9.17) is 0 Å². The molecule has 2 aromatic carbocycles. The van der Waals surface area contributed by atoms with E-state index in [1.54, 1.807) is 19.3 Å². The predicted octanol–water partition coefficient (Wildman–Crippen LogP) is 3.59. The van der Waals surface area contributed by atoms with Crippen molar-refractivity contribution in [1.82, 2.24) is 25.4 Å². The van der Waals surface area contributed by atoms with Crippen molar-refractivity contribution in [2.24, 2.45) is 4.99 Å². The van der Waals surface area contributed by atoms with Gasteiger partial charge in [-0.1, -0.05) is 30.3 Å². The van der Waals surface area contributed by atoms with Crippen LogP contribution in [-0.4, -0.2) is 27.3 Å². The summed E-state index contributed by atoms with van der Waals surface area (Å²) in [6.07, 6.45) is 1.69. The third-order valence-electron chi connectivity index (χ3n) is 4.07. The zero-order chi connectivity index (χ0) is 19.1. The van der Waals surface area contributed by atoms with Gasteiger partial charge in [0.05, 0.1) is 13.1 Å². The fourth-order valence-electron chi connectivity index (χ4n) is 2.59. The number of aromatic nitrogens is 3. The fraction of sp³-hybridized carbons (Fsp3) is 0.250. The summed E-state index contributed by atoms with van der Waals surface area (Å²) in [5, 5.41) is 14.6. The number of halogens is 2. The van der Waals surface area contributed by atoms with Crippen molar-refractivity contribution in [1.29, 1.82) is 0 Å². The molecule has 0 aliphatic carbocycles. The van der Waals surface area contributed by atoms with Crippen LogP contribution in [0.1, 0.15) is 23.9 Å². The van der Waals surface area contributed by atoms with Crippen molar-refractivity contribution in [3.63, 3.8) is 0 Å². The average molecular weight is 494 g/mol. The van der Waals surface area contributed by atoms with Crippen LogP contribution in [0, 0.1) is 12.7 Å². The van der Waals surface area contributed by atoms with Crippen LogP contribution in [0.25, 0.3) is 5.69 Å². The van der Waals surface area contributed by atoms with E-state index in [-0.39, 0.29) is 29.8 Å². The highest BCUT2D eigenvalue weighted by atomic mass is 127. The normalized spacial score (nSPS) is 11.0. The van der Waals surface area contributed by atoms with Crippen molar-refractivity contribution in [2.75, 3.05) is 6.54 Å². The highest BCUT2D eigenvalue weighted by Gasteiger charge is 2.07. The maximum Gasteiger partial charge on any atom is 0.191 e. The lowest BCUT2D eigenvalue weighted by molar-refractivity contribution is 0.616. The van der Waals surface area contributed by atoms with Gasteiger partial charge in [-0.25, -0.2) is 9.38 Å². The lowest BCUT2D eigenvalue weighted by Gasteiger charge is -2.12. The van der Waals surface area contributed by atoms with Gasteiger partial charge in [0, 0.05) is 12.2 Å². The number of rotatable bonds is 6. The van der Waals surface area contributed by atoms with Crippen LogP contribution in [0.15, 0.2) is 59.9 Å². The number of nitrogens with one attached hydrogen (secondary N) is 2. The molecule has 2 N–H and O–H groups in total. The number of benzene rings is 2. The van der Waals surface area contributed by atoms with E-state index < -0.39 is 0 Å². The lowest BCUT2D eigenvalue weighted by Crippen LogP contribution is -2.37. The predicted molar refractivity (Wildman–Crippen MR) is 120 cm³/mol. The first-order chi connectivity index (χ1) is 13.2. The molecule has 1 aromatic heterocycles. The molecular weight excluding hydrogens is 470 g/mol. The van der Waals surface area contributed by atoms with E-state index in [9.17, 15) is 4.39 Å². The van der Waals surface area contributed by atoms with Crippen molar-refractivity contribution in [2.45, 2.75) is 26.9 Å². The minimum atomic E-state index is -0.211. The molecule has 0 atom stereocenters. The van der Waals surface area contributed by atoms with E-state index in [0.29, 0.717) is 24.6 Å². The van der Waals surface area contributed by atoms with Gasteiger partial charge in [0.1, 0.15) is 12.1 Å². The second-order valence-corrected chi connectivity index (χ2v) is 6.08. The third-order valence-corrected chi connectivity index (χ3v) is 4.07. The van der Waals surface area contributed by atoms with Crippen LogP contribution in [-0.2, 0) is 13.1 Å². The van der Waals surface area contributed by atoms with Crippen LogP contribution in [0.5, 0.6) is 0 Å². The fourth-order valence-corrected chi connectivity index (χ4v) is 2.59. The molecule has 148 valence electrons. The van der Waals surface area contributed by atoms with Crippen LogP contribution in [0.4, 0.5) is 4.39 Å². The molecule has 0 aliphatic heterocycles. The zero-order valence-electron chi connectivity index (χ0n) is 15.9. The number of aliphatic imine (C=N–C) groups is 1. The van der Waals surface area contributed by atoms with Gasteiger partial charge in [-0.3, -0.25) is 4.57 Å². The molecule has 0 saturated carbocycles. The maximum atomic E-state index is 13.7. The molecule has 3 rings (SSSR count). The van der Waals surface area contributed by atoms with Gasteiger partial charge in [-0.2, -0.15) is 0 Å². The minimum absolute atomic E-state index is 0. The minimum Gasteiger partial charge on any atom is -0.357 e. The molecule has 28 heavy (non-hydrogen) atoms. The highest BCUT2D eigenvalue weighted by molar-refractivity contribution is 14.0. The first-order valence-electron chi connectivity index (χ1n) is 8.89. The molecule has 1 heterocycles. The summed E-state index contributed by atoms with van der Waals surface area (Å²) in [5.41, 5.74) is 2.45. The molecule has 0 aliphatic rings. The lowest BCUT2D eigenvalue weighted by atomic mass is 10.1. The quantitative estimate of drug-likeness (QED) is 0.313. The van der Waals surface area contributed by atoms with E-state index in [0.717, 1.165) is 23.6 Å². The summed E-state index contributed by atoms with van der Waals surface area (Å²) in [4.78, 5) is 4.53. The molecule has 8 heteroatoms. The summed E-state index contributed by atoms with van der Waals surface area (Å²) >= 11 is 0. The average Bonchev–Trinajstić information content (AvgIpc) is 3.16. The van der Waals surface area contributed by atoms with Crippen molar-refractivity contribution in [3.05, 3.63) is 77.6 Å². The first kappa shape index (κ1) is 21.8. The largest absolute Gasteiger partial charge is 0.357 e. The Hall–Kier alpha value is -2.49. The molecule has 0 fully saturated rings. The van der Waals surface area contributed by atoms with Crippen molar-refractivity contribution >= 4 is 29.9 Å². The van der Waals surface area contributed by atoms with Gasteiger partial charge < -0.3 is 10.6 Å². The highest BCUT2D eigenvalue weighted by Crippen LogP contribution is 2.10. The summed E-state index contributed by atoms with van der Waals surface area (Å²) in [6.45, 7) is 5.31. The Kier molecular flexibility index (Phi) is 8.37. The first-order valence-corrected chi connectivity index (χ1v) is 8.89. The third kappa shape index (κ3) is 5.75. The van der Waals surface area contributed by atoms with E-state index in [2.05, 4.69) is 25.8 Å².